The molecule has 2 N–H and O–H groups in total. The van der Waals surface area contributed by atoms with E-state index in [9.17, 15) is 10.1 Å². The summed E-state index contributed by atoms with van der Waals surface area (Å²) in [6.07, 6.45) is 5.07. The van der Waals surface area contributed by atoms with Gasteiger partial charge in [-0.15, -0.1) is 0 Å². The van der Waals surface area contributed by atoms with Crippen molar-refractivity contribution < 1.29 is 4.92 Å². The van der Waals surface area contributed by atoms with Crippen LogP contribution in [0.5, 0.6) is 0 Å². The molecule has 116 valence electrons. The highest BCUT2D eigenvalue weighted by Crippen LogP contribution is 2.28. The van der Waals surface area contributed by atoms with Gasteiger partial charge in [-0.25, -0.2) is 0 Å². The molecule has 1 saturated carbocycles. The molecule has 1 aromatic carbocycles. The molecular weight excluding hydrogens is 266 g/mol. The van der Waals surface area contributed by atoms with Gasteiger partial charge in [0.15, 0.2) is 0 Å². The summed E-state index contributed by atoms with van der Waals surface area (Å²) < 4.78 is 0. The number of nitrogens with zero attached hydrogens (tertiary/aromatic N) is 2. The number of nitrogens with two attached hydrogens (primary N) is 1. The summed E-state index contributed by atoms with van der Waals surface area (Å²) in [5.41, 5.74) is 6.90. The molecule has 0 aliphatic heterocycles. The van der Waals surface area contributed by atoms with Gasteiger partial charge in [-0.1, -0.05) is 32.8 Å². The third-order valence-electron chi connectivity index (χ3n) is 4.12. The van der Waals surface area contributed by atoms with E-state index in [-0.39, 0.29) is 11.4 Å². The quantitative estimate of drug-likeness (QED) is 0.494. The molecule has 0 radical (unpaired) electrons. The summed E-state index contributed by atoms with van der Waals surface area (Å²) in [5, 5.41) is 11.0. The smallest absolute Gasteiger partial charge is 0.292 e. The molecule has 5 heteroatoms. The van der Waals surface area contributed by atoms with Gasteiger partial charge in [-0.05, 0) is 30.4 Å². The van der Waals surface area contributed by atoms with Gasteiger partial charge in [0, 0.05) is 25.2 Å². The van der Waals surface area contributed by atoms with E-state index >= 15 is 0 Å². The SMILES string of the molecule is CC(C)CN(Cc1ccc(N)c([N+](=O)[O-])c1)C1CCCC1. The summed E-state index contributed by atoms with van der Waals surface area (Å²) in [5.74, 6) is 0.592. The van der Waals surface area contributed by atoms with E-state index < -0.39 is 4.92 Å². The Bertz CT molecular complexity index is 496. The zero-order valence-electron chi connectivity index (χ0n) is 12.9. The second-order valence-electron chi connectivity index (χ2n) is 6.41. The molecule has 0 atom stereocenters. The van der Waals surface area contributed by atoms with Crippen LogP contribution in [0.4, 0.5) is 11.4 Å². The molecule has 0 spiro atoms. The Hall–Kier alpha value is -1.62. The summed E-state index contributed by atoms with van der Waals surface area (Å²) in [6.45, 7) is 6.23. The van der Waals surface area contributed by atoms with Crippen LogP contribution in [-0.2, 0) is 6.54 Å². The normalized spacial score (nSPS) is 16.0. The number of nitro groups is 1. The number of rotatable bonds is 6. The van der Waals surface area contributed by atoms with Crippen molar-refractivity contribution >= 4 is 11.4 Å². The topological polar surface area (TPSA) is 72.4 Å². The molecule has 5 nitrogen and oxygen atoms in total. The van der Waals surface area contributed by atoms with Crippen LogP contribution >= 0.6 is 0 Å². The second kappa shape index (κ2) is 6.89. The number of hydrogen-bond donors (Lipinski definition) is 1. The molecule has 0 heterocycles. The van der Waals surface area contributed by atoms with Gasteiger partial charge in [0.1, 0.15) is 5.69 Å². The van der Waals surface area contributed by atoms with Crippen LogP contribution < -0.4 is 5.73 Å². The highest BCUT2D eigenvalue weighted by atomic mass is 16.6. The molecule has 0 aromatic heterocycles. The van der Waals surface area contributed by atoms with E-state index in [1.165, 1.54) is 25.7 Å². The molecule has 1 fully saturated rings. The van der Waals surface area contributed by atoms with Crippen LogP contribution in [0.2, 0.25) is 0 Å². The van der Waals surface area contributed by atoms with E-state index in [4.69, 9.17) is 5.73 Å². The van der Waals surface area contributed by atoms with Crippen molar-refractivity contribution in [2.45, 2.75) is 52.1 Å². The first-order valence-corrected chi connectivity index (χ1v) is 7.74. The Morgan fingerprint density at radius 2 is 2.05 bits per heavy atom. The van der Waals surface area contributed by atoms with Gasteiger partial charge < -0.3 is 5.73 Å². The van der Waals surface area contributed by atoms with Crippen molar-refractivity contribution in [1.29, 1.82) is 0 Å². The van der Waals surface area contributed by atoms with Gasteiger partial charge in [0.25, 0.3) is 5.69 Å². The van der Waals surface area contributed by atoms with Crippen molar-refractivity contribution in [3.05, 3.63) is 33.9 Å². The standard InChI is InChI=1S/C16H25N3O2/c1-12(2)10-18(14-5-3-4-6-14)11-13-7-8-15(17)16(9-13)19(20)21/h7-9,12,14H,3-6,10-11,17H2,1-2H3. The highest BCUT2D eigenvalue weighted by molar-refractivity contribution is 5.59. The number of nitrogen functional groups attached to an aromatic ring is 1. The third-order valence-corrected chi connectivity index (χ3v) is 4.12. The fraction of sp³-hybridized carbons (Fsp3) is 0.625. The minimum Gasteiger partial charge on any atom is -0.393 e. The second-order valence-corrected chi connectivity index (χ2v) is 6.41. The highest BCUT2D eigenvalue weighted by Gasteiger charge is 2.24. The lowest BCUT2D eigenvalue weighted by molar-refractivity contribution is -0.384. The molecule has 0 amide bonds. The molecule has 0 bridgehead atoms. The van der Waals surface area contributed by atoms with Crippen molar-refractivity contribution in [1.82, 2.24) is 4.90 Å². The monoisotopic (exact) mass is 291 g/mol. The molecule has 1 aliphatic rings. The molecule has 21 heavy (non-hydrogen) atoms. The minimum atomic E-state index is -0.402. The summed E-state index contributed by atoms with van der Waals surface area (Å²) in [6, 6.07) is 5.79. The maximum atomic E-state index is 11.0. The first-order chi connectivity index (χ1) is 9.97. The van der Waals surface area contributed by atoms with Crippen molar-refractivity contribution in [3.63, 3.8) is 0 Å². The Morgan fingerprint density at radius 3 is 2.62 bits per heavy atom. The Labute approximate surface area is 126 Å². The first-order valence-electron chi connectivity index (χ1n) is 7.74. The molecule has 1 aliphatic carbocycles. The van der Waals surface area contributed by atoms with E-state index in [1.54, 1.807) is 12.1 Å². The maximum absolute atomic E-state index is 11.0. The van der Waals surface area contributed by atoms with E-state index in [0.29, 0.717) is 12.0 Å². The average molecular weight is 291 g/mol. The summed E-state index contributed by atoms with van der Waals surface area (Å²) in [7, 11) is 0. The molecular formula is C16H25N3O2. The number of anilines is 1. The fourth-order valence-corrected chi connectivity index (χ4v) is 3.16. The van der Waals surface area contributed by atoms with Gasteiger partial charge in [-0.3, -0.25) is 15.0 Å². The Kier molecular flexibility index (Phi) is 5.17. The van der Waals surface area contributed by atoms with E-state index in [2.05, 4.69) is 18.7 Å². The lowest BCUT2D eigenvalue weighted by Gasteiger charge is -2.30. The molecule has 0 saturated heterocycles. The lowest BCUT2D eigenvalue weighted by atomic mass is 10.1. The molecule has 1 aromatic rings. The predicted octanol–water partition coefficient (Wildman–Crippen LogP) is 3.58. The summed E-state index contributed by atoms with van der Waals surface area (Å²) in [4.78, 5) is 13.1. The maximum Gasteiger partial charge on any atom is 0.292 e. The van der Waals surface area contributed by atoms with Crippen LogP contribution in [0.15, 0.2) is 18.2 Å². The Morgan fingerprint density at radius 1 is 1.38 bits per heavy atom. The number of benzene rings is 1. The van der Waals surface area contributed by atoms with Crippen LogP contribution in [0.3, 0.4) is 0 Å². The van der Waals surface area contributed by atoms with Crippen molar-refractivity contribution in [2.24, 2.45) is 5.92 Å². The summed E-state index contributed by atoms with van der Waals surface area (Å²) >= 11 is 0. The van der Waals surface area contributed by atoms with E-state index in [1.807, 2.05) is 6.07 Å². The minimum absolute atomic E-state index is 0.0171. The zero-order chi connectivity index (χ0) is 15.4. The molecule has 2 rings (SSSR count). The first kappa shape index (κ1) is 15.8. The predicted molar refractivity (Wildman–Crippen MR) is 85.0 cm³/mol. The van der Waals surface area contributed by atoms with Gasteiger partial charge in [0.05, 0.1) is 4.92 Å². The zero-order valence-corrected chi connectivity index (χ0v) is 12.9. The number of hydrogen-bond acceptors (Lipinski definition) is 4. The van der Waals surface area contributed by atoms with Crippen molar-refractivity contribution in [3.8, 4) is 0 Å². The van der Waals surface area contributed by atoms with Crippen LogP contribution in [0, 0.1) is 16.0 Å². The fourth-order valence-electron chi connectivity index (χ4n) is 3.16. The lowest BCUT2D eigenvalue weighted by Crippen LogP contribution is -2.35. The van der Waals surface area contributed by atoms with Crippen molar-refractivity contribution in [2.75, 3.05) is 12.3 Å². The van der Waals surface area contributed by atoms with Crippen LogP contribution in [0.1, 0.15) is 45.1 Å². The van der Waals surface area contributed by atoms with Crippen LogP contribution in [-0.4, -0.2) is 22.4 Å². The largest absolute Gasteiger partial charge is 0.393 e. The average Bonchev–Trinajstić information content (AvgIpc) is 2.93. The third kappa shape index (κ3) is 4.17. The van der Waals surface area contributed by atoms with Gasteiger partial charge >= 0.3 is 0 Å². The van der Waals surface area contributed by atoms with Gasteiger partial charge in [-0.2, -0.15) is 0 Å². The Balaban J connectivity index is 2.15. The van der Waals surface area contributed by atoms with Gasteiger partial charge in [0.2, 0.25) is 0 Å². The molecule has 0 unspecified atom stereocenters. The number of nitro benzene ring substituents is 1. The van der Waals surface area contributed by atoms with Crippen LogP contribution in [0.25, 0.3) is 0 Å². The van der Waals surface area contributed by atoms with E-state index in [0.717, 1.165) is 18.7 Å².